The molecule has 2 nitrogen and oxygen atoms in total. The van der Waals surface area contributed by atoms with E-state index >= 15 is 0 Å². The summed E-state index contributed by atoms with van der Waals surface area (Å²) in [4.78, 5) is 0. The molecule has 0 aliphatic carbocycles. The van der Waals surface area contributed by atoms with Crippen molar-refractivity contribution in [2.75, 3.05) is 14.2 Å². The smallest absolute Gasteiger partial charge is 0.122 e. The molecule has 0 saturated heterocycles. The van der Waals surface area contributed by atoms with Gasteiger partial charge in [0.15, 0.2) is 0 Å². The predicted molar refractivity (Wildman–Crippen MR) is 83.0 cm³/mol. The Morgan fingerprint density at radius 2 is 1.80 bits per heavy atom. The molecule has 0 bridgehead atoms. The zero-order valence-corrected chi connectivity index (χ0v) is 12.8. The van der Waals surface area contributed by atoms with Crippen LogP contribution in [0.3, 0.4) is 0 Å². The molecule has 0 N–H and O–H groups in total. The van der Waals surface area contributed by atoms with Gasteiger partial charge in [0.25, 0.3) is 0 Å². The molecule has 0 radical (unpaired) electrons. The minimum absolute atomic E-state index is 0.0859. The molecule has 0 spiro atoms. The van der Waals surface area contributed by atoms with Crippen molar-refractivity contribution in [1.82, 2.24) is 0 Å². The van der Waals surface area contributed by atoms with Gasteiger partial charge in [0.05, 0.1) is 19.6 Å². The van der Waals surface area contributed by atoms with Crippen LogP contribution in [-0.2, 0) is 6.42 Å². The molecule has 0 aliphatic heterocycles. The fourth-order valence-electron chi connectivity index (χ4n) is 2.30. The van der Waals surface area contributed by atoms with E-state index in [1.165, 1.54) is 0 Å². The summed E-state index contributed by atoms with van der Waals surface area (Å²) in [5, 5.41) is -0.0859. The minimum Gasteiger partial charge on any atom is -0.497 e. The van der Waals surface area contributed by atoms with Gasteiger partial charge in [-0.05, 0) is 48.2 Å². The van der Waals surface area contributed by atoms with Crippen molar-refractivity contribution in [3.8, 4) is 11.5 Å². The number of hydrogen-bond acceptors (Lipinski definition) is 2. The van der Waals surface area contributed by atoms with Crippen LogP contribution in [-0.4, -0.2) is 14.2 Å². The van der Waals surface area contributed by atoms with Crippen molar-refractivity contribution in [1.29, 1.82) is 0 Å². The Morgan fingerprint density at radius 1 is 1.05 bits per heavy atom. The molecule has 0 aromatic heterocycles. The Bertz CT molecular complexity index is 581. The number of rotatable bonds is 5. The molecule has 106 valence electrons. The van der Waals surface area contributed by atoms with Crippen molar-refractivity contribution in [2.45, 2.75) is 18.7 Å². The molecule has 3 heteroatoms. The van der Waals surface area contributed by atoms with Crippen molar-refractivity contribution < 1.29 is 9.47 Å². The fraction of sp³-hybridized carbons (Fsp3) is 0.294. The van der Waals surface area contributed by atoms with E-state index in [0.29, 0.717) is 0 Å². The second kappa shape index (κ2) is 6.67. The molecule has 0 aliphatic rings. The first kappa shape index (κ1) is 14.7. The topological polar surface area (TPSA) is 18.5 Å². The fourth-order valence-corrected chi connectivity index (χ4v) is 2.71. The Morgan fingerprint density at radius 3 is 2.45 bits per heavy atom. The van der Waals surface area contributed by atoms with E-state index < -0.39 is 0 Å². The highest BCUT2D eigenvalue weighted by Gasteiger charge is 2.14. The summed E-state index contributed by atoms with van der Waals surface area (Å²) in [6, 6.07) is 14.0. The van der Waals surface area contributed by atoms with E-state index in [1.54, 1.807) is 14.2 Å². The zero-order valence-electron chi connectivity index (χ0n) is 12.0. The second-order valence-electron chi connectivity index (χ2n) is 4.71. The van der Waals surface area contributed by atoms with Gasteiger partial charge in [-0.3, -0.25) is 0 Å². The molecule has 0 fully saturated rings. The van der Waals surface area contributed by atoms with Crippen molar-refractivity contribution >= 4 is 11.6 Å². The number of aryl methyl sites for hydroxylation is 1. The lowest BCUT2D eigenvalue weighted by Crippen LogP contribution is -2.01. The van der Waals surface area contributed by atoms with Crippen LogP contribution in [0.5, 0.6) is 11.5 Å². The lowest BCUT2D eigenvalue weighted by Gasteiger charge is -2.15. The van der Waals surface area contributed by atoms with E-state index in [4.69, 9.17) is 21.1 Å². The summed E-state index contributed by atoms with van der Waals surface area (Å²) in [5.74, 6) is 1.73. The molecular formula is C17H19ClO2. The second-order valence-corrected chi connectivity index (χ2v) is 5.23. The van der Waals surface area contributed by atoms with Crippen molar-refractivity contribution in [3.05, 3.63) is 59.2 Å². The molecule has 0 heterocycles. The summed E-state index contributed by atoms with van der Waals surface area (Å²) in [7, 11) is 3.35. The molecule has 20 heavy (non-hydrogen) atoms. The van der Waals surface area contributed by atoms with E-state index in [-0.39, 0.29) is 5.38 Å². The molecule has 1 unspecified atom stereocenters. The highest BCUT2D eigenvalue weighted by Crippen LogP contribution is 2.32. The zero-order chi connectivity index (χ0) is 14.5. The van der Waals surface area contributed by atoms with Crippen LogP contribution >= 0.6 is 11.6 Å². The number of alkyl halides is 1. The summed E-state index contributed by atoms with van der Waals surface area (Å²) < 4.78 is 10.6. The Labute approximate surface area is 125 Å². The SMILES string of the molecule is COc1ccc(C(Cl)Cc2ccccc2OC)c(C)c1. The molecular weight excluding hydrogens is 272 g/mol. The molecule has 0 saturated carbocycles. The Kier molecular flexibility index (Phi) is 4.91. The standard InChI is InChI=1S/C17H19ClO2/c1-12-10-14(19-2)8-9-15(12)16(18)11-13-6-4-5-7-17(13)20-3/h4-10,16H,11H2,1-3H3. The van der Waals surface area contributed by atoms with Gasteiger partial charge >= 0.3 is 0 Å². The van der Waals surface area contributed by atoms with Gasteiger partial charge in [-0.15, -0.1) is 11.6 Å². The molecule has 1 atom stereocenters. The van der Waals surface area contributed by atoms with Crippen molar-refractivity contribution in [2.24, 2.45) is 0 Å². The van der Waals surface area contributed by atoms with Gasteiger partial charge in [0, 0.05) is 0 Å². The van der Waals surface area contributed by atoms with E-state index in [2.05, 4.69) is 6.92 Å². The number of halogens is 1. The first-order valence-electron chi connectivity index (χ1n) is 6.56. The highest BCUT2D eigenvalue weighted by atomic mass is 35.5. The summed E-state index contributed by atoms with van der Waals surface area (Å²) in [6.07, 6.45) is 0.735. The molecule has 2 aromatic carbocycles. The lowest BCUT2D eigenvalue weighted by atomic mass is 9.99. The highest BCUT2D eigenvalue weighted by molar-refractivity contribution is 6.21. The van der Waals surface area contributed by atoms with E-state index in [0.717, 1.165) is 34.6 Å². The van der Waals surface area contributed by atoms with Crippen LogP contribution in [0.2, 0.25) is 0 Å². The first-order valence-corrected chi connectivity index (χ1v) is 7.00. The van der Waals surface area contributed by atoms with Gasteiger partial charge in [-0.25, -0.2) is 0 Å². The molecule has 0 amide bonds. The van der Waals surface area contributed by atoms with Crippen LogP contribution in [0.1, 0.15) is 22.1 Å². The number of hydrogen-bond donors (Lipinski definition) is 0. The third kappa shape index (κ3) is 3.26. The van der Waals surface area contributed by atoms with Gasteiger partial charge in [-0.1, -0.05) is 24.3 Å². The average Bonchev–Trinajstić information content (AvgIpc) is 2.47. The van der Waals surface area contributed by atoms with Crippen molar-refractivity contribution in [3.63, 3.8) is 0 Å². The largest absolute Gasteiger partial charge is 0.497 e. The predicted octanol–water partition coefficient (Wildman–Crippen LogP) is 4.53. The summed E-state index contributed by atoms with van der Waals surface area (Å²) >= 11 is 6.57. The maximum atomic E-state index is 6.57. The van der Waals surface area contributed by atoms with E-state index in [9.17, 15) is 0 Å². The summed E-state index contributed by atoms with van der Waals surface area (Å²) in [5.41, 5.74) is 3.38. The van der Waals surface area contributed by atoms with Crippen LogP contribution < -0.4 is 9.47 Å². The van der Waals surface area contributed by atoms with Crippen LogP contribution in [0.4, 0.5) is 0 Å². The monoisotopic (exact) mass is 290 g/mol. The van der Waals surface area contributed by atoms with Crippen LogP contribution in [0.15, 0.2) is 42.5 Å². The Hall–Kier alpha value is -1.67. The summed E-state index contributed by atoms with van der Waals surface area (Å²) in [6.45, 7) is 2.05. The Balaban J connectivity index is 2.21. The first-order chi connectivity index (χ1) is 9.65. The van der Waals surface area contributed by atoms with Gasteiger partial charge in [-0.2, -0.15) is 0 Å². The average molecular weight is 291 g/mol. The van der Waals surface area contributed by atoms with Crippen LogP contribution in [0, 0.1) is 6.92 Å². The van der Waals surface area contributed by atoms with E-state index in [1.807, 2.05) is 42.5 Å². The molecule has 2 aromatic rings. The van der Waals surface area contributed by atoms with Gasteiger partial charge < -0.3 is 9.47 Å². The quantitative estimate of drug-likeness (QED) is 0.753. The number of ether oxygens (including phenoxy) is 2. The maximum Gasteiger partial charge on any atom is 0.122 e. The lowest BCUT2D eigenvalue weighted by molar-refractivity contribution is 0.409. The number of benzene rings is 2. The third-order valence-electron chi connectivity index (χ3n) is 3.41. The van der Waals surface area contributed by atoms with Gasteiger partial charge in [0.2, 0.25) is 0 Å². The molecule has 2 rings (SSSR count). The number of methoxy groups -OCH3 is 2. The maximum absolute atomic E-state index is 6.57. The number of para-hydroxylation sites is 1. The van der Waals surface area contributed by atoms with Crippen LogP contribution in [0.25, 0.3) is 0 Å². The minimum atomic E-state index is -0.0859. The normalized spacial score (nSPS) is 12.0. The third-order valence-corrected chi connectivity index (χ3v) is 3.80. The van der Waals surface area contributed by atoms with Gasteiger partial charge in [0.1, 0.15) is 11.5 Å².